The fourth-order valence-electron chi connectivity index (χ4n) is 3.88. The predicted molar refractivity (Wildman–Crippen MR) is 136 cm³/mol. The van der Waals surface area contributed by atoms with Crippen molar-refractivity contribution < 1.29 is 43.5 Å². The Morgan fingerprint density at radius 1 is 1.05 bits per heavy atom. The van der Waals surface area contributed by atoms with Gasteiger partial charge in [-0.3, -0.25) is 9.59 Å². The Balaban J connectivity index is 1.40. The Labute approximate surface area is 218 Å². The van der Waals surface area contributed by atoms with Crippen LogP contribution in [0.3, 0.4) is 0 Å². The Hall–Kier alpha value is -4.99. The van der Waals surface area contributed by atoms with E-state index < -0.39 is 24.5 Å². The number of hydrogen-bond acceptors (Lipinski definition) is 8. The second-order valence-electron chi connectivity index (χ2n) is 8.30. The number of rotatable bonds is 10. The van der Waals surface area contributed by atoms with Gasteiger partial charge in [0.15, 0.2) is 23.9 Å². The molecule has 1 amide bonds. The van der Waals surface area contributed by atoms with Crippen LogP contribution in [-0.2, 0) is 16.0 Å². The van der Waals surface area contributed by atoms with E-state index in [0.29, 0.717) is 28.2 Å². The number of methoxy groups -OCH3 is 2. The summed E-state index contributed by atoms with van der Waals surface area (Å²) in [7, 11) is 3.01. The molecule has 0 radical (unpaired) electrons. The molecule has 0 saturated heterocycles. The van der Waals surface area contributed by atoms with Gasteiger partial charge in [0.05, 0.1) is 19.8 Å². The number of carboxylic acid groups (broad SMARTS) is 1. The van der Waals surface area contributed by atoms with Crippen molar-refractivity contribution in [1.82, 2.24) is 5.32 Å². The van der Waals surface area contributed by atoms with Gasteiger partial charge in [0, 0.05) is 18.1 Å². The average Bonchev–Trinajstić information content (AvgIpc) is 3.22. The van der Waals surface area contributed by atoms with E-state index in [4.69, 9.17) is 18.9 Å². The number of aliphatic carboxylic acids is 1. The van der Waals surface area contributed by atoms with Crippen molar-refractivity contribution in [3.63, 3.8) is 0 Å². The summed E-state index contributed by atoms with van der Waals surface area (Å²) in [4.78, 5) is 36.8. The minimum absolute atomic E-state index is 0.0311. The number of carbonyl (C=O) groups excluding carboxylic acids is 2. The van der Waals surface area contributed by atoms with Crippen molar-refractivity contribution in [3.8, 4) is 28.7 Å². The van der Waals surface area contributed by atoms with Gasteiger partial charge >= 0.3 is 5.97 Å². The first-order chi connectivity index (χ1) is 18.3. The summed E-state index contributed by atoms with van der Waals surface area (Å²) < 4.78 is 22.0. The van der Waals surface area contributed by atoms with Crippen molar-refractivity contribution in [1.29, 1.82) is 0 Å². The van der Waals surface area contributed by atoms with Crippen molar-refractivity contribution in [2.24, 2.45) is 0 Å². The smallest absolute Gasteiger partial charge is 0.326 e. The van der Waals surface area contributed by atoms with Gasteiger partial charge in [0.2, 0.25) is 5.78 Å². The second kappa shape index (κ2) is 11.4. The first-order valence-corrected chi connectivity index (χ1v) is 11.5. The lowest BCUT2D eigenvalue weighted by Crippen LogP contribution is -2.44. The monoisotopic (exact) mass is 519 g/mol. The summed E-state index contributed by atoms with van der Waals surface area (Å²) in [6, 6.07) is 14.6. The molecule has 0 spiro atoms. The van der Waals surface area contributed by atoms with E-state index in [9.17, 15) is 24.6 Å². The zero-order valence-electron chi connectivity index (χ0n) is 20.6. The molecular weight excluding hydrogens is 494 g/mol. The molecule has 3 aromatic rings. The topological polar surface area (TPSA) is 141 Å². The first kappa shape index (κ1) is 26.1. The number of ketones is 1. The number of hydrogen-bond donors (Lipinski definition) is 3. The number of nitrogens with one attached hydrogen (secondary N) is 1. The molecule has 10 nitrogen and oxygen atoms in total. The molecule has 0 bridgehead atoms. The molecule has 1 aliphatic rings. The van der Waals surface area contributed by atoms with Crippen LogP contribution >= 0.6 is 0 Å². The summed E-state index contributed by atoms with van der Waals surface area (Å²) in [5.41, 5.74) is 1.55. The number of phenols is 1. The summed E-state index contributed by atoms with van der Waals surface area (Å²) in [6.45, 7) is -0.449. The van der Waals surface area contributed by atoms with Crippen LogP contribution in [-0.4, -0.2) is 54.7 Å². The molecule has 10 heteroatoms. The fourth-order valence-corrected chi connectivity index (χ4v) is 3.88. The number of carboxylic acids is 1. The standard InChI is InChI=1S/C28H25NO9/c1-35-22-5-3-4-17(27(22)36-2)13-24-26(32)20-11-10-19(14-23(20)38-24)37-15-25(31)29-21(28(33)34)12-16-6-8-18(30)9-7-16/h3-11,13-14,21,30H,12,15H2,1-2H3,(H,29,31)(H,33,34)/t21-/m1/s1. The number of amides is 1. The lowest BCUT2D eigenvalue weighted by molar-refractivity contribution is -0.142. The van der Waals surface area contributed by atoms with E-state index in [-0.39, 0.29) is 35.2 Å². The van der Waals surface area contributed by atoms with Gasteiger partial charge in [0.1, 0.15) is 23.3 Å². The molecule has 0 unspecified atom stereocenters. The summed E-state index contributed by atoms with van der Waals surface area (Å²) in [5, 5.41) is 21.3. The van der Waals surface area contributed by atoms with E-state index >= 15 is 0 Å². The number of phenolic OH excluding ortho intramolecular Hbond substituents is 1. The number of aromatic hydroxyl groups is 1. The molecular formula is C28H25NO9. The Bertz CT molecular complexity index is 1400. The van der Waals surface area contributed by atoms with E-state index in [0.717, 1.165) is 0 Å². The highest BCUT2D eigenvalue weighted by Gasteiger charge is 2.28. The fraction of sp³-hybridized carbons (Fsp3) is 0.179. The van der Waals surface area contributed by atoms with Gasteiger partial charge in [-0.2, -0.15) is 0 Å². The van der Waals surface area contributed by atoms with Crippen molar-refractivity contribution >= 4 is 23.7 Å². The Kier molecular flexibility index (Phi) is 7.81. The van der Waals surface area contributed by atoms with Gasteiger partial charge in [-0.1, -0.05) is 24.3 Å². The molecule has 196 valence electrons. The van der Waals surface area contributed by atoms with Gasteiger partial charge in [0.25, 0.3) is 5.91 Å². The highest BCUT2D eigenvalue weighted by Crippen LogP contribution is 2.37. The summed E-state index contributed by atoms with van der Waals surface area (Å²) in [6.07, 6.45) is 1.58. The van der Waals surface area contributed by atoms with Gasteiger partial charge in [-0.15, -0.1) is 0 Å². The number of para-hydroxylation sites is 1. The quantitative estimate of drug-likeness (QED) is 0.344. The number of ether oxygens (including phenoxy) is 4. The van der Waals surface area contributed by atoms with E-state index in [1.807, 2.05) is 0 Å². The molecule has 4 rings (SSSR count). The van der Waals surface area contributed by atoms with Crippen LogP contribution in [0.25, 0.3) is 6.08 Å². The van der Waals surface area contributed by atoms with Crippen LogP contribution in [0.4, 0.5) is 0 Å². The molecule has 0 aromatic heterocycles. The van der Waals surface area contributed by atoms with Crippen LogP contribution in [0.1, 0.15) is 21.5 Å². The Morgan fingerprint density at radius 2 is 1.82 bits per heavy atom. The maximum absolute atomic E-state index is 12.8. The number of benzene rings is 3. The summed E-state index contributed by atoms with van der Waals surface area (Å²) >= 11 is 0. The molecule has 1 atom stereocenters. The van der Waals surface area contributed by atoms with Crippen LogP contribution in [0, 0.1) is 0 Å². The van der Waals surface area contributed by atoms with Crippen LogP contribution in [0.2, 0.25) is 0 Å². The van der Waals surface area contributed by atoms with Crippen LogP contribution < -0.4 is 24.3 Å². The minimum atomic E-state index is -1.21. The molecule has 0 fully saturated rings. The average molecular weight is 520 g/mol. The normalized spacial score (nSPS) is 13.8. The number of fused-ring (bicyclic) bond motifs is 1. The SMILES string of the molecule is COc1cccc(C=C2Oc3cc(OCC(=O)N[C@H](Cc4ccc(O)cc4)C(=O)O)ccc3C2=O)c1OC. The lowest BCUT2D eigenvalue weighted by atomic mass is 10.1. The lowest BCUT2D eigenvalue weighted by Gasteiger charge is -2.15. The third-order valence-corrected chi connectivity index (χ3v) is 5.74. The van der Waals surface area contributed by atoms with Crippen molar-refractivity contribution in [2.45, 2.75) is 12.5 Å². The summed E-state index contributed by atoms with van der Waals surface area (Å²) in [5.74, 6) is -0.549. The first-order valence-electron chi connectivity index (χ1n) is 11.5. The zero-order chi connectivity index (χ0) is 27.2. The molecule has 3 N–H and O–H groups in total. The Morgan fingerprint density at radius 3 is 2.50 bits per heavy atom. The maximum Gasteiger partial charge on any atom is 0.326 e. The maximum atomic E-state index is 12.8. The van der Waals surface area contributed by atoms with E-state index in [1.165, 1.54) is 44.6 Å². The number of Topliss-reactive ketones (excluding diaryl/α,β-unsaturated/α-hetero) is 1. The van der Waals surface area contributed by atoms with Crippen LogP contribution in [0.5, 0.6) is 28.7 Å². The zero-order valence-corrected chi connectivity index (χ0v) is 20.6. The van der Waals surface area contributed by atoms with Crippen LogP contribution in [0.15, 0.2) is 66.4 Å². The third kappa shape index (κ3) is 5.86. The van der Waals surface area contributed by atoms with E-state index in [1.54, 1.807) is 36.4 Å². The highest BCUT2D eigenvalue weighted by atomic mass is 16.5. The number of allylic oxidation sites excluding steroid dienone is 1. The van der Waals surface area contributed by atoms with Crippen molar-refractivity contribution in [2.75, 3.05) is 20.8 Å². The van der Waals surface area contributed by atoms with E-state index in [2.05, 4.69) is 5.32 Å². The van der Waals surface area contributed by atoms with Gasteiger partial charge in [-0.25, -0.2) is 4.79 Å². The van der Waals surface area contributed by atoms with Gasteiger partial charge < -0.3 is 34.5 Å². The molecule has 1 aliphatic heterocycles. The molecule has 0 aliphatic carbocycles. The van der Waals surface area contributed by atoms with Crippen molar-refractivity contribution in [3.05, 3.63) is 83.1 Å². The molecule has 1 heterocycles. The number of carbonyl (C=O) groups is 3. The van der Waals surface area contributed by atoms with Gasteiger partial charge in [-0.05, 0) is 42.0 Å². The molecule has 0 saturated carbocycles. The predicted octanol–water partition coefficient (Wildman–Crippen LogP) is 3.22. The molecule has 3 aromatic carbocycles. The third-order valence-electron chi connectivity index (χ3n) is 5.74. The largest absolute Gasteiger partial charge is 0.508 e. The molecule has 38 heavy (non-hydrogen) atoms. The minimum Gasteiger partial charge on any atom is -0.508 e. The second-order valence-corrected chi connectivity index (χ2v) is 8.30. The highest BCUT2D eigenvalue weighted by molar-refractivity contribution is 6.14.